The molecule has 2 aliphatic rings. The predicted molar refractivity (Wildman–Crippen MR) is 400 cm³/mol. The second kappa shape index (κ2) is 39.0. The molecule has 9 rings (SSSR count). The summed E-state index contributed by atoms with van der Waals surface area (Å²) in [6.07, 6.45) is 1.87. The van der Waals surface area contributed by atoms with Crippen LogP contribution in [-0.2, 0) is 54.3 Å². The van der Waals surface area contributed by atoms with Gasteiger partial charge in [-0.3, -0.25) is 33.6 Å². The maximum Gasteiger partial charge on any atom is 0.415 e. The average Bonchev–Trinajstić information content (AvgIpc) is 1.55. The van der Waals surface area contributed by atoms with Crippen LogP contribution in [0, 0.1) is 18.8 Å². The third-order valence-electron chi connectivity index (χ3n) is 18.1. The summed E-state index contributed by atoms with van der Waals surface area (Å²) in [4.78, 5) is 143. The van der Waals surface area contributed by atoms with Crippen LogP contribution in [0.1, 0.15) is 90.4 Å². The minimum absolute atomic E-state index is 0.00245. The molecule has 108 heavy (non-hydrogen) atoms. The van der Waals surface area contributed by atoms with Gasteiger partial charge in [0.15, 0.2) is 5.78 Å². The fourth-order valence-electron chi connectivity index (χ4n) is 12.1. The van der Waals surface area contributed by atoms with Gasteiger partial charge in [-0.05, 0) is 134 Å². The molecule has 0 aliphatic carbocycles. The fourth-order valence-corrected chi connectivity index (χ4v) is 12.4. The van der Waals surface area contributed by atoms with Crippen molar-refractivity contribution in [2.24, 2.45) is 17.6 Å². The van der Waals surface area contributed by atoms with E-state index < -0.39 is 59.6 Å². The van der Waals surface area contributed by atoms with Crippen molar-refractivity contribution in [1.82, 2.24) is 29.8 Å². The summed E-state index contributed by atoms with van der Waals surface area (Å²) < 4.78 is 41.4. The number of aromatic hydroxyl groups is 1. The molecule has 0 spiro atoms. The molecule has 2 aliphatic heterocycles. The Balaban J connectivity index is 0.733. The van der Waals surface area contributed by atoms with E-state index in [9.17, 15) is 58.2 Å². The molecule has 10 amide bonds. The zero-order valence-electron chi connectivity index (χ0n) is 61.0. The number of aromatic nitrogens is 2. The van der Waals surface area contributed by atoms with Crippen LogP contribution >= 0.6 is 11.6 Å². The first-order chi connectivity index (χ1) is 51.9. The number of fused-ring (bicyclic) bond motifs is 4. The summed E-state index contributed by atoms with van der Waals surface area (Å²) in [6.45, 7) is 9.37. The number of ketones is 1. The number of phenolic OH excluding ortho intramolecular Hbond substituents is 1. The van der Waals surface area contributed by atoms with Gasteiger partial charge in [0.25, 0.3) is 23.6 Å². The number of aliphatic hydroxyl groups excluding tert-OH is 1. The number of primary amides is 1. The Kier molecular flexibility index (Phi) is 29.3. The van der Waals surface area contributed by atoms with Crippen LogP contribution < -0.4 is 46.3 Å². The molecule has 0 fully saturated rings. The van der Waals surface area contributed by atoms with Crippen molar-refractivity contribution in [2.45, 2.75) is 72.4 Å². The normalized spacial score (nSPS) is 13.9. The van der Waals surface area contributed by atoms with Crippen LogP contribution in [-0.4, -0.2) is 207 Å². The number of imide groups is 1. The molecule has 30 nitrogen and oxygen atoms in total. The van der Waals surface area contributed by atoms with Gasteiger partial charge in [-0.1, -0.05) is 44.2 Å². The number of anilines is 4. The number of hydrogen-bond donors (Lipinski definition) is 7. The molecule has 31 heteroatoms. The van der Waals surface area contributed by atoms with E-state index in [0.717, 1.165) is 21.4 Å². The number of phenols is 1. The number of imidazole rings is 1. The summed E-state index contributed by atoms with van der Waals surface area (Å²) in [5.41, 5.74) is 10.9. The minimum Gasteiger partial charge on any atom is -0.508 e. The van der Waals surface area contributed by atoms with Gasteiger partial charge in [-0.25, -0.2) is 24.3 Å². The predicted octanol–water partition coefficient (Wildman–Crippen LogP) is 8.26. The monoisotopic (exact) mass is 1510 g/mol. The lowest BCUT2D eigenvalue weighted by Crippen LogP contribution is -2.47. The Labute approximate surface area is 628 Å². The number of carbonyl (C=O) groups excluding carboxylic acids is 10. The van der Waals surface area contributed by atoms with Gasteiger partial charge in [0, 0.05) is 110 Å². The molecular weight excluding hydrogens is 1420 g/mol. The number of carbonyl (C=O) groups is 10. The van der Waals surface area contributed by atoms with Crippen LogP contribution in [0.5, 0.6) is 17.2 Å². The van der Waals surface area contributed by atoms with Gasteiger partial charge >= 0.3 is 18.2 Å². The molecule has 0 unspecified atom stereocenters. The Morgan fingerprint density at radius 2 is 1.43 bits per heavy atom. The Morgan fingerprint density at radius 1 is 0.750 bits per heavy atom. The van der Waals surface area contributed by atoms with Crippen molar-refractivity contribution in [3.63, 3.8) is 0 Å². The second-order valence-corrected chi connectivity index (χ2v) is 26.4. The lowest BCUT2D eigenvalue weighted by Gasteiger charge is -2.26. The smallest absolute Gasteiger partial charge is 0.415 e. The number of aliphatic hydroxyl groups is 1. The zero-order valence-corrected chi connectivity index (χ0v) is 61.7. The topological polar surface area (TPSA) is 380 Å². The van der Waals surface area contributed by atoms with Gasteiger partial charge in [0.05, 0.1) is 76.0 Å². The van der Waals surface area contributed by atoms with Crippen molar-refractivity contribution in [1.29, 1.82) is 0 Å². The zero-order chi connectivity index (χ0) is 77.6. The number of nitrogens with zero attached hydrogens (tertiary/aromatic N) is 6. The van der Waals surface area contributed by atoms with Gasteiger partial charge in [-0.15, -0.1) is 11.6 Å². The number of urea groups is 1. The molecule has 2 aromatic heterocycles. The number of amides is 10. The highest BCUT2D eigenvalue weighted by Gasteiger charge is 2.38. The molecule has 0 radical (unpaired) electrons. The first kappa shape index (κ1) is 81.1. The van der Waals surface area contributed by atoms with E-state index in [-0.39, 0.29) is 165 Å². The van der Waals surface area contributed by atoms with E-state index >= 15 is 0 Å². The number of nitrogens with two attached hydrogens (primary N) is 1. The quantitative estimate of drug-likeness (QED) is 0.0108. The molecule has 0 saturated carbocycles. The van der Waals surface area contributed by atoms with Crippen molar-refractivity contribution in [3.05, 3.63) is 161 Å². The molecule has 5 aromatic carbocycles. The van der Waals surface area contributed by atoms with Crippen LogP contribution in [0.3, 0.4) is 0 Å². The Hall–Kier alpha value is -11.0. The summed E-state index contributed by atoms with van der Waals surface area (Å²) >= 11 is 6.66. The highest BCUT2D eigenvalue weighted by Crippen LogP contribution is 2.47. The van der Waals surface area contributed by atoms with Crippen LogP contribution in [0.2, 0.25) is 0 Å². The third kappa shape index (κ3) is 21.6. The lowest BCUT2D eigenvalue weighted by atomic mass is 9.89. The maximum absolute atomic E-state index is 14.6. The first-order valence-corrected chi connectivity index (χ1v) is 35.8. The number of nitrogens with one attached hydrogen (secondary N) is 4. The average molecular weight is 1510 g/mol. The summed E-state index contributed by atoms with van der Waals surface area (Å²) in [7, 11) is 1.50. The van der Waals surface area contributed by atoms with Gasteiger partial charge in [0.1, 0.15) is 48.4 Å². The van der Waals surface area contributed by atoms with Gasteiger partial charge in [-0.2, -0.15) is 0 Å². The molecule has 8 N–H and O–H groups in total. The number of pyridine rings is 1. The van der Waals surface area contributed by atoms with Crippen molar-refractivity contribution >= 4 is 110 Å². The number of benzene rings is 5. The molecule has 4 heterocycles. The second-order valence-electron chi connectivity index (χ2n) is 26.1. The number of Topliss-reactive ketones (excluding diaryl/α,β-unsaturated/α-hetero) is 1. The number of ether oxygens (including phenoxy) is 7. The minimum atomic E-state index is -0.964. The lowest BCUT2D eigenvalue weighted by molar-refractivity contribution is -0.133. The van der Waals surface area contributed by atoms with Gasteiger partial charge < -0.3 is 89.5 Å². The van der Waals surface area contributed by atoms with Crippen molar-refractivity contribution in [3.8, 4) is 17.2 Å². The van der Waals surface area contributed by atoms with E-state index in [4.69, 9.17) is 50.5 Å². The fraction of sp³-hybridized carbons (Fsp3) is 0.390. The number of likely N-dealkylation sites (N-methyl/N-ethyl adjacent to an activating group) is 1. The Bertz CT molecular complexity index is 4400. The summed E-state index contributed by atoms with van der Waals surface area (Å²) in [5.74, 6) is -3.71. The standard InChI is InChI=1S/C77H90ClN11O19/c1-47(2)69(84-66(93)46-105-36-35-103-33-34-104-37-38-106-59-23-19-57(20-24-59)89-72(96)49(4)50(5)73(89)97)63(92)39-53(10-8-26-80-75(79)99)71(95)81-55-16-12-51(13-17-55)45-107-76(100)85(6)27-28-86(29-31-102-32-30-90)77(101)108-64-40-62-68(67-48(3)9-7-11-60(64)67)54(41-78)42-88(62)74(98)61-44-87-43-56(18-25-65(87)83-61)82-70(94)52-14-21-58(91)22-15-52/h7,9,11-25,40,43-44,47,53-54,69,90-91H,8,10,26-39,41-42,45-46H2,1-6H3,(H,81,95)(H,82,94)(H,84,93)(H3,79,80,99)/t53-,54-,69+/m1/s1. The molecule has 0 saturated heterocycles. The summed E-state index contributed by atoms with van der Waals surface area (Å²) in [6, 6.07) is 27.7. The van der Waals surface area contributed by atoms with E-state index in [1.165, 1.54) is 41.1 Å². The molecule has 0 bridgehead atoms. The highest BCUT2D eigenvalue weighted by molar-refractivity contribution is 6.32. The van der Waals surface area contributed by atoms with E-state index in [2.05, 4.69) is 26.3 Å². The molecular formula is C77H90ClN11O19. The highest BCUT2D eigenvalue weighted by atomic mass is 35.5. The third-order valence-corrected chi connectivity index (χ3v) is 18.5. The van der Waals surface area contributed by atoms with E-state index in [1.54, 1.807) is 116 Å². The number of hydrogen-bond acceptors (Lipinski definition) is 20. The molecule has 7 aromatic rings. The van der Waals surface area contributed by atoms with Crippen LogP contribution in [0.4, 0.5) is 37.1 Å². The SMILES string of the molecule is CC1=C(C)C(=O)N(c2ccc(OCCOCCOCCOCC(=O)N[C@H](C(=O)C[C@@H](CCCNC(N)=O)C(=O)Nc3ccc(COC(=O)N(C)CCN(CCOCCO)C(=O)Oc4cc5c(c6c(C)cccc46)[C@H](CCl)CN5C(=O)c4cn5cc(NC(=O)c6ccc(O)cc6)ccc5n4)cc3)C(C)C)cc2)C1=O. The van der Waals surface area contributed by atoms with E-state index in [1.807, 2.05) is 25.1 Å². The first-order valence-electron chi connectivity index (χ1n) is 35.3. The number of alkyl halides is 1. The van der Waals surface area contributed by atoms with Crippen LogP contribution in [0.25, 0.3) is 16.4 Å². The number of rotatable bonds is 39. The largest absolute Gasteiger partial charge is 0.508 e. The molecule has 574 valence electrons. The summed E-state index contributed by atoms with van der Waals surface area (Å²) in [5, 5.41) is 31.4. The van der Waals surface area contributed by atoms with Gasteiger partial charge in [0.2, 0.25) is 11.8 Å². The maximum atomic E-state index is 14.6. The van der Waals surface area contributed by atoms with Crippen LogP contribution in [0.15, 0.2) is 133 Å². The van der Waals surface area contributed by atoms with E-state index in [0.29, 0.717) is 68.2 Å². The molecule has 3 atom stereocenters. The number of halogens is 1. The Morgan fingerprint density at radius 3 is 2.10 bits per heavy atom. The van der Waals surface area contributed by atoms with Crippen molar-refractivity contribution < 1.29 is 91.3 Å². The van der Waals surface area contributed by atoms with Crippen molar-refractivity contribution in [2.75, 3.05) is 132 Å². The number of aryl methyl sites for hydroxylation is 1.